The summed E-state index contributed by atoms with van der Waals surface area (Å²) in [5.74, 6) is 1.86. The van der Waals surface area contributed by atoms with E-state index < -0.39 is 5.54 Å². The second kappa shape index (κ2) is 5.78. The van der Waals surface area contributed by atoms with Crippen molar-refractivity contribution in [3.63, 3.8) is 0 Å². The van der Waals surface area contributed by atoms with Gasteiger partial charge in [0.05, 0.1) is 11.2 Å². The monoisotopic (exact) mass is 358 g/mol. The molecule has 5 rings (SSSR count). The standard InChI is InChI=1S/C22H22N4O/c1-22(2,15-8-4-3-5-9-15)24-21(27)19-17-13-14-12-16(14)20(17)26(25-19)18-10-6-7-11-23-18/h3-11,14,16H,12-13H2,1-2H3,(H,24,27)/t14-,16-/m1/s1. The number of amides is 1. The number of fused-ring (bicyclic) bond motifs is 3. The fraction of sp³-hybridized carbons (Fsp3) is 0.318. The molecule has 0 aliphatic heterocycles. The number of hydrogen-bond donors (Lipinski definition) is 1. The summed E-state index contributed by atoms with van der Waals surface area (Å²) in [6, 6.07) is 15.8. The van der Waals surface area contributed by atoms with Crippen molar-refractivity contribution in [2.24, 2.45) is 5.92 Å². The molecule has 1 amide bonds. The third-order valence-corrected chi connectivity index (χ3v) is 5.77. The molecule has 136 valence electrons. The van der Waals surface area contributed by atoms with Crippen LogP contribution in [0.1, 0.15) is 53.5 Å². The van der Waals surface area contributed by atoms with Crippen LogP contribution in [-0.4, -0.2) is 20.7 Å². The van der Waals surface area contributed by atoms with Gasteiger partial charge >= 0.3 is 0 Å². The molecule has 5 heteroatoms. The fourth-order valence-electron chi connectivity index (χ4n) is 4.22. The van der Waals surface area contributed by atoms with Gasteiger partial charge < -0.3 is 5.32 Å². The topological polar surface area (TPSA) is 59.8 Å². The highest BCUT2D eigenvalue weighted by Gasteiger charge is 2.50. The van der Waals surface area contributed by atoms with Crippen LogP contribution in [0, 0.1) is 5.92 Å². The van der Waals surface area contributed by atoms with E-state index in [1.54, 1.807) is 6.20 Å². The average Bonchev–Trinajstić information content (AvgIpc) is 3.18. The van der Waals surface area contributed by atoms with Gasteiger partial charge in [-0.3, -0.25) is 4.79 Å². The molecule has 5 nitrogen and oxygen atoms in total. The Labute approximate surface area is 158 Å². The first-order valence-corrected chi connectivity index (χ1v) is 9.46. The molecule has 3 aromatic rings. The second-order valence-corrected chi connectivity index (χ2v) is 8.06. The molecule has 27 heavy (non-hydrogen) atoms. The lowest BCUT2D eigenvalue weighted by Crippen LogP contribution is -2.41. The molecule has 2 aliphatic rings. The van der Waals surface area contributed by atoms with Gasteiger partial charge in [-0.25, -0.2) is 9.67 Å². The lowest BCUT2D eigenvalue weighted by Gasteiger charge is -2.26. The van der Waals surface area contributed by atoms with Crippen molar-refractivity contribution in [2.45, 2.75) is 38.1 Å². The molecular formula is C22H22N4O. The van der Waals surface area contributed by atoms with Crippen LogP contribution in [0.25, 0.3) is 5.82 Å². The molecule has 0 radical (unpaired) electrons. The maximum atomic E-state index is 13.2. The summed E-state index contributed by atoms with van der Waals surface area (Å²) in [7, 11) is 0. The number of nitrogens with zero attached hydrogens (tertiary/aromatic N) is 3. The number of rotatable bonds is 4. The highest BCUT2D eigenvalue weighted by molar-refractivity contribution is 5.95. The molecule has 1 N–H and O–H groups in total. The Kier molecular flexibility index (Phi) is 3.47. The first kappa shape index (κ1) is 16.2. The minimum atomic E-state index is -0.471. The van der Waals surface area contributed by atoms with E-state index in [1.807, 2.05) is 67.1 Å². The van der Waals surface area contributed by atoms with Crippen LogP contribution >= 0.6 is 0 Å². The van der Waals surface area contributed by atoms with Gasteiger partial charge in [-0.15, -0.1) is 0 Å². The van der Waals surface area contributed by atoms with Gasteiger partial charge in [-0.1, -0.05) is 36.4 Å². The maximum absolute atomic E-state index is 13.2. The molecule has 0 saturated heterocycles. The summed E-state index contributed by atoms with van der Waals surface area (Å²) in [6.45, 7) is 4.04. The Morgan fingerprint density at radius 1 is 1.15 bits per heavy atom. The smallest absolute Gasteiger partial charge is 0.272 e. The first-order valence-electron chi connectivity index (χ1n) is 9.46. The first-order chi connectivity index (χ1) is 13.0. The van der Waals surface area contributed by atoms with Gasteiger partial charge in [0, 0.05) is 17.7 Å². The van der Waals surface area contributed by atoms with E-state index >= 15 is 0 Å². The zero-order valence-electron chi connectivity index (χ0n) is 15.5. The van der Waals surface area contributed by atoms with Gasteiger partial charge in [-0.2, -0.15) is 5.10 Å². The van der Waals surface area contributed by atoms with Crippen LogP contribution in [0.5, 0.6) is 0 Å². The van der Waals surface area contributed by atoms with Crippen LogP contribution in [-0.2, 0) is 12.0 Å². The predicted molar refractivity (Wildman–Crippen MR) is 103 cm³/mol. The highest BCUT2D eigenvalue weighted by Crippen LogP contribution is 2.57. The maximum Gasteiger partial charge on any atom is 0.272 e. The normalized spacial score (nSPS) is 20.1. The molecular weight excluding hydrogens is 336 g/mol. The lowest BCUT2D eigenvalue weighted by atomic mass is 9.94. The van der Waals surface area contributed by atoms with E-state index in [1.165, 1.54) is 12.1 Å². The molecule has 0 bridgehead atoms. The SMILES string of the molecule is CC(C)(NC(=O)c1nn(-c2ccccn2)c2c1C[C@H]1C[C@@H]21)c1ccccc1. The van der Waals surface area contributed by atoms with E-state index in [2.05, 4.69) is 10.3 Å². The van der Waals surface area contributed by atoms with Crippen molar-refractivity contribution < 1.29 is 4.79 Å². The summed E-state index contributed by atoms with van der Waals surface area (Å²) in [5, 5.41) is 7.88. The Morgan fingerprint density at radius 2 is 1.93 bits per heavy atom. The molecule has 1 aromatic carbocycles. The van der Waals surface area contributed by atoms with Crippen molar-refractivity contribution in [1.29, 1.82) is 0 Å². The molecule has 2 aromatic heterocycles. The summed E-state index contributed by atoms with van der Waals surface area (Å²) in [5.41, 5.74) is 3.43. The molecule has 1 fully saturated rings. The minimum absolute atomic E-state index is 0.115. The van der Waals surface area contributed by atoms with Gasteiger partial charge in [-0.05, 0) is 50.3 Å². The van der Waals surface area contributed by atoms with Gasteiger partial charge in [0.15, 0.2) is 11.5 Å². The summed E-state index contributed by atoms with van der Waals surface area (Å²) >= 11 is 0. The van der Waals surface area contributed by atoms with E-state index in [0.29, 0.717) is 17.5 Å². The van der Waals surface area contributed by atoms with Crippen molar-refractivity contribution in [1.82, 2.24) is 20.1 Å². The zero-order chi connectivity index (χ0) is 18.6. The van der Waals surface area contributed by atoms with Crippen LogP contribution < -0.4 is 5.32 Å². The highest BCUT2D eigenvalue weighted by atomic mass is 16.2. The average molecular weight is 358 g/mol. The number of nitrogens with one attached hydrogen (secondary N) is 1. The molecule has 2 aliphatic carbocycles. The zero-order valence-corrected chi connectivity index (χ0v) is 15.5. The van der Waals surface area contributed by atoms with Crippen molar-refractivity contribution in [2.75, 3.05) is 0 Å². The summed E-state index contributed by atoms with van der Waals surface area (Å²) in [4.78, 5) is 17.6. The Balaban J connectivity index is 1.51. The minimum Gasteiger partial charge on any atom is -0.342 e. The predicted octanol–water partition coefficient (Wildman–Crippen LogP) is 3.59. The third-order valence-electron chi connectivity index (χ3n) is 5.77. The molecule has 2 atom stereocenters. The van der Waals surface area contributed by atoms with Crippen molar-refractivity contribution >= 4 is 5.91 Å². The molecule has 0 unspecified atom stereocenters. The lowest BCUT2D eigenvalue weighted by molar-refractivity contribution is 0.0905. The van der Waals surface area contributed by atoms with E-state index in [4.69, 9.17) is 5.10 Å². The van der Waals surface area contributed by atoms with Crippen molar-refractivity contribution in [3.05, 3.63) is 77.2 Å². The number of benzene rings is 1. The number of carbonyl (C=O) groups is 1. The second-order valence-electron chi connectivity index (χ2n) is 8.06. The van der Waals surface area contributed by atoms with Gasteiger partial charge in [0.2, 0.25) is 0 Å². The summed E-state index contributed by atoms with van der Waals surface area (Å²) in [6.07, 6.45) is 3.91. The number of carbonyl (C=O) groups excluding carboxylic acids is 1. The van der Waals surface area contributed by atoms with Crippen LogP contribution in [0.2, 0.25) is 0 Å². The van der Waals surface area contributed by atoms with E-state index in [-0.39, 0.29) is 5.91 Å². The Bertz CT molecular complexity index is 1010. The third kappa shape index (κ3) is 2.65. The number of aromatic nitrogens is 3. The van der Waals surface area contributed by atoms with Gasteiger partial charge in [0.1, 0.15) is 0 Å². The molecule has 1 saturated carbocycles. The van der Waals surface area contributed by atoms with Gasteiger partial charge in [0.25, 0.3) is 5.91 Å². The largest absolute Gasteiger partial charge is 0.342 e. The molecule has 0 spiro atoms. The molecule has 2 heterocycles. The Morgan fingerprint density at radius 3 is 2.67 bits per heavy atom. The van der Waals surface area contributed by atoms with Crippen LogP contribution in [0.4, 0.5) is 0 Å². The summed E-state index contributed by atoms with van der Waals surface area (Å²) < 4.78 is 1.89. The van der Waals surface area contributed by atoms with E-state index in [9.17, 15) is 4.79 Å². The van der Waals surface area contributed by atoms with Crippen molar-refractivity contribution in [3.8, 4) is 5.82 Å². The fourth-order valence-corrected chi connectivity index (χ4v) is 4.22. The number of hydrogen-bond acceptors (Lipinski definition) is 3. The van der Waals surface area contributed by atoms with Crippen LogP contribution in [0.15, 0.2) is 54.7 Å². The Hall–Kier alpha value is -2.95. The van der Waals surface area contributed by atoms with Crippen LogP contribution in [0.3, 0.4) is 0 Å². The quantitative estimate of drug-likeness (QED) is 0.775. The number of pyridine rings is 1. The van der Waals surface area contributed by atoms with E-state index in [0.717, 1.165) is 23.4 Å².